The topological polar surface area (TPSA) is 96.0 Å². The van der Waals surface area contributed by atoms with Gasteiger partial charge in [-0.1, -0.05) is 72.8 Å². The SMILES string of the molecule is CCNC(=O)[C@@H](Cc1ccccc1)N(Cc1ccc(F)cc1)C(=O)CN(c1ccccc1OC)S(=O)(=O)c1ccccc1. The zero-order valence-electron chi connectivity index (χ0n) is 24.0. The van der Waals surface area contributed by atoms with Crippen LogP contribution in [0.15, 0.2) is 114 Å². The largest absolute Gasteiger partial charge is 0.495 e. The number of hydrogen-bond donors (Lipinski definition) is 1. The van der Waals surface area contributed by atoms with Gasteiger partial charge in [-0.3, -0.25) is 13.9 Å². The van der Waals surface area contributed by atoms with Crippen LogP contribution >= 0.6 is 0 Å². The number of ether oxygens (including phenoxy) is 1. The number of carbonyl (C=O) groups is 2. The molecule has 10 heteroatoms. The summed E-state index contributed by atoms with van der Waals surface area (Å²) in [5.41, 5.74) is 1.56. The first-order valence-corrected chi connectivity index (χ1v) is 15.2. The minimum atomic E-state index is -4.25. The van der Waals surface area contributed by atoms with Gasteiger partial charge in [0, 0.05) is 19.5 Å². The Bertz CT molecular complexity index is 1620. The zero-order valence-corrected chi connectivity index (χ0v) is 24.8. The smallest absolute Gasteiger partial charge is 0.264 e. The molecule has 0 spiro atoms. The number of rotatable bonds is 13. The fraction of sp³-hybridized carbons (Fsp3) is 0.212. The molecule has 8 nitrogen and oxygen atoms in total. The molecule has 0 aliphatic rings. The summed E-state index contributed by atoms with van der Waals surface area (Å²) in [6.07, 6.45) is 0.180. The third-order valence-electron chi connectivity index (χ3n) is 6.85. The van der Waals surface area contributed by atoms with Crippen LogP contribution in [0.25, 0.3) is 0 Å². The van der Waals surface area contributed by atoms with Gasteiger partial charge in [0.2, 0.25) is 11.8 Å². The van der Waals surface area contributed by atoms with Crippen LogP contribution in [-0.2, 0) is 32.6 Å². The van der Waals surface area contributed by atoms with Gasteiger partial charge in [-0.05, 0) is 54.4 Å². The summed E-state index contributed by atoms with van der Waals surface area (Å²) in [4.78, 5) is 29.2. The number of methoxy groups -OCH3 is 1. The molecular weight excluding hydrogens is 569 g/mol. The average Bonchev–Trinajstić information content (AvgIpc) is 3.03. The number of hydrogen-bond acceptors (Lipinski definition) is 5. The maximum atomic E-state index is 14.3. The molecule has 0 radical (unpaired) electrons. The molecule has 1 N–H and O–H groups in total. The van der Waals surface area contributed by atoms with Gasteiger partial charge in [0.1, 0.15) is 24.2 Å². The number of para-hydroxylation sites is 2. The van der Waals surface area contributed by atoms with E-state index in [2.05, 4.69) is 5.32 Å². The van der Waals surface area contributed by atoms with E-state index in [-0.39, 0.29) is 29.3 Å². The monoisotopic (exact) mass is 603 g/mol. The maximum Gasteiger partial charge on any atom is 0.264 e. The second kappa shape index (κ2) is 14.5. The lowest BCUT2D eigenvalue weighted by Crippen LogP contribution is -2.53. The van der Waals surface area contributed by atoms with Gasteiger partial charge in [-0.2, -0.15) is 0 Å². The van der Waals surface area contributed by atoms with Gasteiger partial charge >= 0.3 is 0 Å². The van der Waals surface area contributed by atoms with Gasteiger partial charge in [-0.15, -0.1) is 0 Å². The van der Waals surface area contributed by atoms with Gasteiger partial charge in [0.15, 0.2) is 0 Å². The number of nitrogens with zero attached hydrogens (tertiary/aromatic N) is 2. The Hall–Kier alpha value is -4.70. The summed E-state index contributed by atoms with van der Waals surface area (Å²) in [5.74, 6) is -1.20. The quantitative estimate of drug-likeness (QED) is 0.237. The lowest BCUT2D eigenvalue weighted by molar-refractivity contribution is -0.140. The first-order chi connectivity index (χ1) is 20.7. The van der Waals surface area contributed by atoms with Crippen LogP contribution in [0.4, 0.5) is 10.1 Å². The van der Waals surface area contributed by atoms with E-state index in [0.29, 0.717) is 12.1 Å². The summed E-state index contributed by atoms with van der Waals surface area (Å²) in [5, 5.41) is 2.81. The Morgan fingerprint density at radius 3 is 2.07 bits per heavy atom. The average molecular weight is 604 g/mol. The molecule has 4 aromatic carbocycles. The minimum absolute atomic E-state index is 0.0108. The summed E-state index contributed by atoms with van der Waals surface area (Å²) >= 11 is 0. The van der Waals surface area contributed by atoms with Gasteiger partial charge in [0.25, 0.3) is 10.0 Å². The summed E-state index contributed by atoms with van der Waals surface area (Å²) in [6, 6.07) is 28.2. The van der Waals surface area contributed by atoms with E-state index < -0.39 is 40.2 Å². The molecular formula is C33H34FN3O5S. The van der Waals surface area contributed by atoms with Crippen molar-refractivity contribution in [2.24, 2.45) is 0 Å². The number of amides is 2. The first kappa shape index (κ1) is 31.2. The molecule has 1 atom stereocenters. The van der Waals surface area contributed by atoms with Crippen LogP contribution in [0.5, 0.6) is 5.75 Å². The Labute approximate surface area is 251 Å². The van der Waals surface area contributed by atoms with Crippen molar-refractivity contribution in [3.63, 3.8) is 0 Å². The van der Waals surface area contributed by atoms with E-state index in [1.165, 1.54) is 48.4 Å². The summed E-state index contributed by atoms with van der Waals surface area (Å²) in [6.45, 7) is 1.43. The Kier molecular flexibility index (Phi) is 10.5. The van der Waals surface area contributed by atoms with Gasteiger partial charge < -0.3 is 15.0 Å². The Morgan fingerprint density at radius 2 is 1.44 bits per heavy atom. The molecule has 0 aromatic heterocycles. The second-order valence-corrected chi connectivity index (χ2v) is 11.6. The molecule has 0 fully saturated rings. The number of halogens is 1. The van der Waals surface area contributed by atoms with E-state index in [9.17, 15) is 22.4 Å². The van der Waals surface area contributed by atoms with Crippen LogP contribution in [0.2, 0.25) is 0 Å². The van der Waals surface area contributed by atoms with Crippen molar-refractivity contribution in [3.05, 3.63) is 126 Å². The van der Waals surface area contributed by atoms with Crippen molar-refractivity contribution in [1.82, 2.24) is 10.2 Å². The molecule has 0 aliphatic carbocycles. The predicted molar refractivity (Wildman–Crippen MR) is 164 cm³/mol. The molecule has 43 heavy (non-hydrogen) atoms. The standard InChI is InChI=1S/C33H34FN3O5S/c1-3-35-33(39)30(22-25-12-6-4-7-13-25)36(23-26-18-20-27(34)21-19-26)32(38)24-37(29-16-10-11-17-31(29)42-2)43(40,41)28-14-8-5-9-15-28/h4-21,30H,3,22-24H2,1-2H3,(H,35,39)/t30-/m1/s1. The highest BCUT2D eigenvalue weighted by atomic mass is 32.2. The maximum absolute atomic E-state index is 14.3. The zero-order chi connectivity index (χ0) is 30.8. The van der Waals surface area contributed by atoms with Crippen molar-refractivity contribution in [3.8, 4) is 5.75 Å². The molecule has 224 valence electrons. The Balaban J connectivity index is 1.81. The molecule has 0 heterocycles. The summed E-state index contributed by atoms with van der Waals surface area (Å²) in [7, 11) is -2.84. The van der Waals surface area contributed by atoms with Crippen LogP contribution in [-0.4, -0.2) is 51.4 Å². The number of benzene rings is 4. The summed E-state index contributed by atoms with van der Waals surface area (Å²) < 4.78 is 48.3. The van der Waals surface area contributed by atoms with Crippen molar-refractivity contribution in [2.45, 2.75) is 30.8 Å². The molecule has 0 saturated heterocycles. The van der Waals surface area contributed by atoms with Crippen LogP contribution in [0, 0.1) is 5.82 Å². The number of nitrogens with one attached hydrogen (secondary N) is 1. The Morgan fingerprint density at radius 1 is 0.837 bits per heavy atom. The highest BCUT2D eigenvalue weighted by Crippen LogP contribution is 2.32. The predicted octanol–water partition coefficient (Wildman–Crippen LogP) is 4.81. The fourth-order valence-corrected chi connectivity index (χ4v) is 6.15. The van der Waals surface area contributed by atoms with E-state index in [0.717, 1.165) is 9.87 Å². The van der Waals surface area contributed by atoms with E-state index in [1.54, 1.807) is 49.4 Å². The molecule has 4 aromatic rings. The number of likely N-dealkylation sites (N-methyl/N-ethyl adjacent to an activating group) is 1. The normalized spacial score (nSPS) is 11.8. The molecule has 0 bridgehead atoms. The molecule has 0 saturated carbocycles. The number of sulfonamides is 1. The minimum Gasteiger partial charge on any atom is -0.495 e. The van der Waals surface area contributed by atoms with Crippen molar-refractivity contribution in [2.75, 3.05) is 24.5 Å². The molecule has 0 unspecified atom stereocenters. The van der Waals surface area contributed by atoms with E-state index in [4.69, 9.17) is 4.74 Å². The fourth-order valence-electron chi connectivity index (χ4n) is 4.70. The lowest BCUT2D eigenvalue weighted by Gasteiger charge is -2.34. The molecule has 0 aliphatic heterocycles. The van der Waals surface area contributed by atoms with Crippen LogP contribution < -0.4 is 14.4 Å². The van der Waals surface area contributed by atoms with Crippen LogP contribution in [0.1, 0.15) is 18.1 Å². The van der Waals surface area contributed by atoms with Gasteiger partial charge in [0.05, 0.1) is 17.7 Å². The molecule has 4 rings (SSSR count). The first-order valence-electron chi connectivity index (χ1n) is 13.8. The van der Waals surface area contributed by atoms with E-state index in [1.807, 2.05) is 30.3 Å². The highest BCUT2D eigenvalue weighted by Gasteiger charge is 2.35. The van der Waals surface area contributed by atoms with Crippen LogP contribution in [0.3, 0.4) is 0 Å². The second-order valence-electron chi connectivity index (χ2n) is 9.74. The molecule has 2 amide bonds. The number of anilines is 1. The van der Waals surface area contributed by atoms with Gasteiger partial charge in [-0.25, -0.2) is 12.8 Å². The van der Waals surface area contributed by atoms with Crippen molar-refractivity contribution >= 4 is 27.5 Å². The van der Waals surface area contributed by atoms with Crippen molar-refractivity contribution in [1.29, 1.82) is 0 Å². The lowest BCUT2D eigenvalue weighted by atomic mass is 10.0. The highest BCUT2D eigenvalue weighted by molar-refractivity contribution is 7.92. The third-order valence-corrected chi connectivity index (χ3v) is 8.63. The number of carbonyl (C=O) groups excluding carboxylic acids is 2. The third kappa shape index (κ3) is 7.78. The van der Waals surface area contributed by atoms with Crippen molar-refractivity contribution < 1.29 is 27.1 Å². The van der Waals surface area contributed by atoms with E-state index >= 15 is 0 Å².